The number of amides is 1. The van der Waals surface area contributed by atoms with Crippen LogP contribution in [0.15, 0.2) is 4.99 Å². The van der Waals surface area contributed by atoms with E-state index in [1.54, 1.807) is 7.05 Å². The van der Waals surface area contributed by atoms with Crippen LogP contribution in [0.1, 0.15) is 45.4 Å². The highest BCUT2D eigenvalue weighted by Gasteiger charge is 2.32. The summed E-state index contributed by atoms with van der Waals surface area (Å²) in [6, 6.07) is 0.377. The zero-order chi connectivity index (χ0) is 18.4. The average Bonchev–Trinajstić information content (AvgIpc) is 3.20. The second kappa shape index (κ2) is 11.4. The Labute approximate surface area is 180 Å². The van der Waals surface area contributed by atoms with E-state index in [2.05, 4.69) is 22.1 Å². The van der Waals surface area contributed by atoms with Crippen molar-refractivity contribution in [1.82, 2.24) is 15.1 Å². The molecule has 3 atom stereocenters. The number of nitrogens with one attached hydrogen (secondary N) is 1. The first-order valence-corrected chi connectivity index (χ1v) is 10.2. The van der Waals surface area contributed by atoms with Gasteiger partial charge in [0.25, 0.3) is 0 Å². The van der Waals surface area contributed by atoms with Crippen molar-refractivity contribution in [2.45, 2.75) is 63.7 Å². The summed E-state index contributed by atoms with van der Waals surface area (Å²) in [5.74, 6) is 1.11. The van der Waals surface area contributed by atoms with Gasteiger partial charge >= 0.3 is 0 Å². The Morgan fingerprint density at radius 2 is 1.93 bits per heavy atom. The molecule has 0 spiro atoms. The molecule has 3 fully saturated rings. The fourth-order valence-corrected chi connectivity index (χ4v) is 4.21. The standard InChI is InChI=1S/C19H34N4O3.HI/c1-15-6-3-4-10-23(15)18(24)8-9-21-19(20-2)22-11-13-26-17(14-22)16-7-5-12-25-16;/h15-17H,3-14H2,1-2H3,(H,20,21);1H. The molecule has 0 aliphatic carbocycles. The lowest BCUT2D eigenvalue weighted by atomic mass is 10.0. The molecule has 27 heavy (non-hydrogen) atoms. The molecule has 3 heterocycles. The van der Waals surface area contributed by atoms with Crippen LogP contribution < -0.4 is 5.32 Å². The molecule has 3 saturated heterocycles. The summed E-state index contributed by atoms with van der Waals surface area (Å²) in [4.78, 5) is 21.1. The van der Waals surface area contributed by atoms with E-state index >= 15 is 0 Å². The zero-order valence-electron chi connectivity index (χ0n) is 16.7. The van der Waals surface area contributed by atoms with Crippen LogP contribution in [0.3, 0.4) is 0 Å². The number of guanidine groups is 1. The molecule has 3 rings (SSSR count). The van der Waals surface area contributed by atoms with Crippen LogP contribution in [0, 0.1) is 0 Å². The minimum Gasteiger partial charge on any atom is -0.375 e. The number of likely N-dealkylation sites (tertiary alicyclic amines) is 1. The van der Waals surface area contributed by atoms with Crippen molar-refractivity contribution in [2.24, 2.45) is 4.99 Å². The van der Waals surface area contributed by atoms with Crippen molar-refractivity contribution in [3.8, 4) is 0 Å². The number of rotatable bonds is 4. The molecule has 7 nitrogen and oxygen atoms in total. The van der Waals surface area contributed by atoms with Crippen LogP contribution in [0.4, 0.5) is 0 Å². The van der Waals surface area contributed by atoms with Gasteiger partial charge in [-0.3, -0.25) is 9.79 Å². The van der Waals surface area contributed by atoms with Crippen molar-refractivity contribution in [3.63, 3.8) is 0 Å². The van der Waals surface area contributed by atoms with Crippen molar-refractivity contribution in [3.05, 3.63) is 0 Å². The van der Waals surface area contributed by atoms with E-state index in [0.29, 0.717) is 25.6 Å². The number of carbonyl (C=O) groups is 1. The second-order valence-corrected chi connectivity index (χ2v) is 7.56. The van der Waals surface area contributed by atoms with Crippen LogP contribution in [0.2, 0.25) is 0 Å². The molecule has 156 valence electrons. The van der Waals surface area contributed by atoms with Crippen LogP contribution in [0.25, 0.3) is 0 Å². The van der Waals surface area contributed by atoms with Gasteiger partial charge in [0.2, 0.25) is 5.91 Å². The number of aliphatic imine (C=N–C) groups is 1. The molecule has 0 saturated carbocycles. The first-order valence-electron chi connectivity index (χ1n) is 10.2. The normalized spacial score (nSPS) is 29.4. The largest absolute Gasteiger partial charge is 0.375 e. The smallest absolute Gasteiger partial charge is 0.224 e. The highest BCUT2D eigenvalue weighted by atomic mass is 127. The molecule has 1 N–H and O–H groups in total. The maximum Gasteiger partial charge on any atom is 0.224 e. The highest BCUT2D eigenvalue weighted by Crippen LogP contribution is 2.21. The first-order chi connectivity index (χ1) is 12.7. The summed E-state index contributed by atoms with van der Waals surface area (Å²) in [6.45, 7) is 6.83. The monoisotopic (exact) mass is 494 g/mol. The number of carbonyl (C=O) groups excluding carboxylic acids is 1. The van der Waals surface area contributed by atoms with Crippen LogP contribution in [-0.2, 0) is 14.3 Å². The van der Waals surface area contributed by atoms with Crippen LogP contribution >= 0.6 is 24.0 Å². The van der Waals surface area contributed by atoms with E-state index in [-0.39, 0.29) is 42.1 Å². The second-order valence-electron chi connectivity index (χ2n) is 7.56. The lowest BCUT2D eigenvalue weighted by Gasteiger charge is -2.37. The lowest BCUT2D eigenvalue weighted by molar-refractivity contribution is -0.134. The van der Waals surface area contributed by atoms with Gasteiger partial charge in [-0.15, -0.1) is 24.0 Å². The van der Waals surface area contributed by atoms with Gasteiger partial charge in [-0.05, 0) is 39.0 Å². The summed E-state index contributed by atoms with van der Waals surface area (Å²) in [5, 5.41) is 3.37. The average molecular weight is 494 g/mol. The third-order valence-electron chi connectivity index (χ3n) is 5.73. The molecule has 0 aromatic heterocycles. The number of ether oxygens (including phenoxy) is 2. The molecular weight excluding hydrogens is 459 g/mol. The lowest BCUT2D eigenvalue weighted by Crippen LogP contribution is -2.53. The van der Waals surface area contributed by atoms with Gasteiger partial charge in [0, 0.05) is 52.3 Å². The molecule has 3 unspecified atom stereocenters. The van der Waals surface area contributed by atoms with Gasteiger partial charge in [-0.2, -0.15) is 0 Å². The molecule has 0 aromatic rings. The van der Waals surface area contributed by atoms with Crippen LogP contribution in [0.5, 0.6) is 0 Å². The number of nitrogens with zero attached hydrogens (tertiary/aromatic N) is 3. The van der Waals surface area contributed by atoms with E-state index in [1.807, 2.05) is 4.90 Å². The van der Waals surface area contributed by atoms with E-state index in [4.69, 9.17) is 9.47 Å². The predicted molar refractivity (Wildman–Crippen MR) is 117 cm³/mol. The molecule has 8 heteroatoms. The number of piperidine rings is 1. The van der Waals surface area contributed by atoms with E-state index in [9.17, 15) is 4.79 Å². The van der Waals surface area contributed by atoms with Crippen molar-refractivity contribution >= 4 is 35.8 Å². The number of morpholine rings is 1. The fourth-order valence-electron chi connectivity index (χ4n) is 4.21. The topological polar surface area (TPSA) is 66.4 Å². The van der Waals surface area contributed by atoms with Crippen LogP contribution in [-0.4, -0.2) is 86.4 Å². The van der Waals surface area contributed by atoms with E-state index in [0.717, 1.165) is 57.9 Å². The Balaban J connectivity index is 0.00000261. The molecule has 1 amide bonds. The number of halogens is 1. The minimum atomic E-state index is 0. The van der Waals surface area contributed by atoms with Gasteiger partial charge < -0.3 is 24.6 Å². The van der Waals surface area contributed by atoms with Gasteiger partial charge in [-0.25, -0.2) is 0 Å². The third kappa shape index (κ3) is 6.19. The summed E-state index contributed by atoms with van der Waals surface area (Å²) in [7, 11) is 1.80. The molecule has 0 aromatic carbocycles. The maximum absolute atomic E-state index is 12.5. The molecule has 3 aliphatic rings. The van der Waals surface area contributed by atoms with Crippen molar-refractivity contribution < 1.29 is 14.3 Å². The van der Waals surface area contributed by atoms with Gasteiger partial charge in [0.15, 0.2) is 5.96 Å². The van der Waals surface area contributed by atoms with Crippen molar-refractivity contribution in [1.29, 1.82) is 0 Å². The number of hydrogen-bond acceptors (Lipinski definition) is 4. The third-order valence-corrected chi connectivity index (χ3v) is 5.73. The van der Waals surface area contributed by atoms with Gasteiger partial charge in [0.1, 0.15) is 6.10 Å². The Bertz CT molecular complexity index is 499. The number of hydrogen-bond donors (Lipinski definition) is 1. The summed E-state index contributed by atoms with van der Waals surface area (Å²) in [6.07, 6.45) is 6.52. The summed E-state index contributed by atoms with van der Waals surface area (Å²) < 4.78 is 11.7. The molecule has 3 aliphatic heterocycles. The van der Waals surface area contributed by atoms with Crippen molar-refractivity contribution in [2.75, 3.05) is 46.4 Å². The van der Waals surface area contributed by atoms with Gasteiger partial charge in [-0.1, -0.05) is 0 Å². The SMILES string of the molecule is CN=C(NCCC(=O)N1CCCCC1C)N1CCOC(C2CCCO2)C1.I. The molecule has 0 bridgehead atoms. The quantitative estimate of drug-likeness (QED) is 0.367. The highest BCUT2D eigenvalue weighted by molar-refractivity contribution is 14.0. The van der Waals surface area contributed by atoms with Gasteiger partial charge in [0.05, 0.1) is 12.7 Å². The maximum atomic E-state index is 12.5. The Kier molecular flexibility index (Phi) is 9.58. The minimum absolute atomic E-state index is 0. The van der Waals surface area contributed by atoms with E-state index in [1.165, 1.54) is 6.42 Å². The Morgan fingerprint density at radius 3 is 2.63 bits per heavy atom. The Morgan fingerprint density at radius 1 is 1.11 bits per heavy atom. The Hall–Kier alpha value is -0.610. The predicted octanol–water partition coefficient (Wildman–Crippen LogP) is 1.85. The summed E-state index contributed by atoms with van der Waals surface area (Å²) in [5.41, 5.74) is 0. The summed E-state index contributed by atoms with van der Waals surface area (Å²) >= 11 is 0. The van der Waals surface area contributed by atoms with E-state index < -0.39 is 0 Å². The molecular formula is C19H35IN4O3. The molecule has 0 radical (unpaired) electrons. The zero-order valence-corrected chi connectivity index (χ0v) is 19.0. The fraction of sp³-hybridized carbons (Fsp3) is 0.895. The first kappa shape index (κ1) is 22.7.